The van der Waals surface area contributed by atoms with Gasteiger partial charge in [0.15, 0.2) is 0 Å². The molecule has 1 aromatic rings. The van der Waals surface area contributed by atoms with Gasteiger partial charge in [-0.05, 0) is 36.4 Å². The summed E-state index contributed by atoms with van der Waals surface area (Å²) in [6.07, 6.45) is 5.65. The zero-order chi connectivity index (χ0) is 19.6. The van der Waals surface area contributed by atoms with Crippen LogP contribution in [0.1, 0.15) is 69.7 Å². The number of hydrogen-bond donors (Lipinski definition) is 1. The highest BCUT2D eigenvalue weighted by atomic mass is 17.5. The average molecular weight is 370 g/mol. The van der Waals surface area contributed by atoms with Gasteiger partial charge in [0.1, 0.15) is 0 Å². The van der Waals surface area contributed by atoms with Gasteiger partial charge in [-0.25, -0.2) is 9.59 Å². The smallest absolute Gasteiger partial charge is 0.296 e. The molecule has 7 nitrogen and oxygen atoms in total. The van der Waals surface area contributed by atoms with E-state index in [0.29, 0.717) is 12.2 Å². The Hall–Kier alpha value is -1.96. The zero-order valence-electron chi connectivity index (χ0n) is 15.8. The van der Waals surface area contributed by atoms with Gasteiger partial charge >= 0.3 is 11.9 Å². The molecule has 0 saturated carbocycles. The van der Waals surface area contributed by atoms with Crippen LogP contribution >= 0.6 is 0 Å². The Kier molecular flexibility index (Phi) is 15.3. The molecule has 1 rings (SSSR count). The largest absolute Gasteiger partial charge is 0.372 e. The van der Waals surface area contributed by atoms with Crippen molar-refractivity contribution in [2.45, 2.75) is 59.3 Å². The zero-order valence-corrected chi connectivity index (χ0v) is 15.8. The minimum atomic E-state index is -0.736. The molecule has 148 valence electrons. The average Bonchev–Trinajstić information content (AvgIpc) is 2.69. The van der Waals surface area contributed by atoms with Crippen molar-refractivity contribution in [2.75, 3.05) is 6.61 Å². The van der Waals surface area contributed by atoms with Crippen molar-refractivity contribution < 1.29 is 34.5 Å². The van der Waals surface area contributed by atoms with E-state index in [1.165, 1.54) is 0 Å². The Bertz CT molecular complexity index is 476. The fraction of sp³-hybridized carbons (Fsp3) is 0.579. The van der Waals surface area contributed by atoms with Crippen molar-refractivity contribution in [1.29, 1.82) is 0 Å². The Morgan fingerprint density at radius 3 is 2.23 bits per heavy atom. The molecule has 26 heavy (non-hydrogen) atoms. The molecule has 0 radical (unpaired) electrons. The summed E-state index contributed by atoms with van der Waals surface area (Å²) in [6, 6.07) is 8.25. The lowest BCUT2D eigenvalue weighted by atomic mass is 10.00. The second kappa shape index (κ2) is 16.5. The quantitative estimate of drug-likeness (QED) is 0.342. The molecule has 0 saturated heterocycles. The number of rotatable bonds is 11. The third-order valence-corrected chi connectivity index (χ3v) is 3.57. The predicted octanol–water partition coefficient (Wildman–Crippen LogP) is 4.73. The van der Waals surface area contributed by atoms with Gasteiger partial charge in [-0.3, -0.25) is 9.78 Å². The van der Waals surface area contributed by atoms with Crippen LogP contribution in [0.5, 0.6) is 0 Å². The van der Waals surface area contributed by atoms with Crippen molar-refractivity contribution in [3.8, 4) is 0 Å². The molecular formula is C19H30O7. The highest BCUT2D eigenvalue weighted by Crippen LogP contribution is 2.14. The van der Waals surface area contributed by atoms with E-state index >= 15 is 0 Å². The van der Waals surface area contributed by atoms with Gasteiger partial charge in [-0.15, -0.1) is 0 Å². The number of hydrogen-bond acceptors (Lipinski definition) is 7. The predicted molar refractivity (Wildman–Crippen MR) is 95.8 cm³/mol. The van der Waals surface area contributed by atoms with E-state index in [4.69, 9.17) is 10.1 Å². The lowest BCUT2D eigenvalue weighted by Crippen LogP contribution is -2.17. The molecule has 1 aromatic carbocycles. The van der Waals surface area contributed by atoms with Crippen LogP contribution in [0.4, 0.5) is 0 Å². The molecule has 7 heteroatoms. The summed E-state index contributed by atoms with van der Waals surface area (Å²) >= 11 is 0. The first-order valence-corrected chi connectivity index (χ1v) is 9.01. The van der Waals surface area contributed by atoms with Gasteiger partial charge in [-0.1, -0.05) is 58.2 Å². The molecule has 0 spiro atoms. The SMILES string of the molecule is CCCCOOOC(=O)C(CC)CCCC.O=C(OO)c1ccccc1. The topological polar surface area (TPSA) is 91.3 Å². The first kappa shape index (κ1) is 24.0. The summed E-state index contributed by atoms with van der Waals surface area (Å²) in [4.78, 5) is 34.8. The van der Waals surface area contributed by atoms with Gasteiger partial charge in [0, 0.05) is 0 Å². The second-order valence-corrected chi connectivity index (χ2v) is 5.64. The summed E-state index contributed by atoms with van der Waals surface area (Å²) in [7, 11) is 0. The molecule has 0 aromatic heterocycles. The minimum absolute atomic E-state index is 0.0743. The molecule has 0 heterocycles. The first-order chi connectivity index (χ1) is 12.6. The van der Waals surface area contributed by atoms with E-state index < -0.39 is 5.97 Å². The highest BCUT2D eigenvalue weighted by Gasteiger charge is 2.18. The molecule has 0 amide bonds. The van der Waals surface area contributed by atoms with Crippen molar-refractivity contribution >= 4 is 11.9 Å². The molecule has 1 N–H and O–H groups in total. The molecule has 0 aliphatic carbocycles. The number of benzene rings is 1. The van der Waals surface area contributed by atoms with Gasteiger partial charge in [-0.2, -0.15) is 10.1 Å². The van der Waals surface area contributed by atoms with Crippen LogP contribution in [-0.4, -0.2) is 23.8 Å². The molecule has 0 fully saturated rings. The summed E-state index contributed by atoms with van der Waals surface area (Å²) in [5, 5.41) is 12.3. The fourth-order valence-electron chi connectivity index (χ4n) is 1.93. The van der Waals surface area contributed by atoms with Crippen molar-refractivity contribution in [1.82, 2.24) is 0 Å². The molecular weight excluding hydrogens is 340 g/mol. The van der Waals surface area contributed by atoms with E-state index in [-0.39, 0.29) is 11.9 Å². The summed E-state index contributed by atoms with van der Waals surface area (Å²) < 4.78 is 0. The fourth-order valence-corrected chi connectivity index (χ4v) is 1.93. The van der Waals surface area contributed by atoms with Crippen molar-refractivity contribution in [3.63, 3.8) is 0 Å². The summed E-state index contributed by atoms with van der Waals surface area (Å²) in [6.45, 7) is 6.57. The maximum atomic E-state index is 11.5. The van der Waals surface area contributed by atoms with E-state index in [9.17, 15) is 9.59 Å². The molecule has 0 bridgehead atoms. The van der Waals surface area contributed by atoms with Crippen LogP contribution in [0.25, 0.3) is 0 Å². The number of carbonyl (C=O) groups is 2. The normalized spacial score (nSPS) is 11.1. The number of carbonyl (C=O) groups excluding carboxylic acids is 2. The summed E-state index contributed by atoms with van der Waals surface area (Å²) in [5.41, 5.74) is 0.338. The molecule has 0 aliphatic rings. The Balaban J connectivity index is 0.000000531. The Morgan fingerprint density at radius 2 is 1.69 bits per heavy atom. The van der Waals surface area contributed by atoms with E-state index in [2.05, 4.69) is 21.7 Å². The van der Waals surface area contributed by atoms with Crippen LogP contribution < -0.4 is 0 Å². The maximum absolute atomic E-state index is 11.5. The third-order valence-electron chi connectivity index (χ3n) is 3.57. The molecule has 1 atom stereocenters. The number of unbranched alkanes of at least 4 members (excludes halogenated alkanes) is 2. The summed E-state index contributed by atoms with van der Waals surface area (Å²) in [5.74, 6) is -1.14. The van der Waals surface area contributed by atoms with E-state index in [0.717, 1.165) is 38.5 Å². The lowest BCUT2D eigenvalue weighted by Gasteiger charge is -2.11. The Morgan fingerprint density at radius 1 is 1.04 bits per heavy atom. The third kappa shape index (κ3) is 11.6. The van der Waals surface area contributed by atoms with Crippen molar-refractivity contribution in [3.05, 3.63) is 35.9 Å². The van der Waals surface area contributed by atoms with Gasteiger partial charge in [0.2, 0.25) is 0 Å². The van der Waals surface area contributed by atoms with Gasteiger partial charge < -0.3 is 0 Å². The highest BCUT2D eigenvalue weighted by molar-refractivity contribution is 5.88. The molecule has 0 aliphatic heterocycles. The van der Waals surface area contributed by atoms with Crippen LogP contribution in [0.2, 0.25) is 0 Å². The maximum Gasteiger partial charge on any atom is 0.372 e. The molecule has 1 unspecified atom stereocenters. The first-order valence-electron chi connectivity index (χ1n) is 9.01. The van der Waals surface area contributed by atoms with Gasteiger partial charge in [0.25, 0.3) is 0 Å². The standard InChI is InChI=1S/C12H24O4.C7H6O3/c1-4-7-9-11(6-3)12(13)15-16-14-10-8-5-2;8-7(10-9)6-4-2-1-3-5-6/h11H,4-10H2,1-3H3;1-5,9H. The minimum Gasteiger partial charge on any atom is -0.296 e. The second-order valence-electron chi connectivity index (χ2n) is 5.64. The van der Waals surface area contributed by atoms with E-state index in [1.807, 2.05) is 13.8 Å². The van der Waals surface area contributed by atoms with Crippen LogP contribution in [0.3, 0.4) is 0 Å². The van der Waals surface area contributed by atoms with Crippen LogP contribution in [0, 0.1) is 5.92 Å². The van der Waals surface area contributed by atoms with Gasteiger partial charge in [0.05, 0.1) is 18.1 Å². The van der Waals surface area contributed by atoms with E-state index in [1.54, 1.807) is 30.3 Å². The monoisotopic (exact) mass is 370 g/mol. The Labute approximate surface area is 155 Å². The lowest BCUT2D eigenvalue weighted by molar-refractivity contribution is -0.487. The van der Waals surface area contributed by atoms with Crippen LogP contribution in [-0.2, 0) is 24.5 Å². The van der Waals surface area contributed by atoms with Crippen LogP contribution in [0.15, 0.2) is 30.3 Å². The van der Waals surface area contributed by atoms with Crippen molar-refractivity contribution in [2.24, 2.45) is 5.92 Å².